The molecular weight excluding hydrogens is 276 g/mol. The zero-order valence-corrected chi connectivity index (χ0v) is 11.4. The Morgan fingerprint density at radius 2 is 2.00 bits per heavy atom. The monoisotopic (exact) mass is 290 g/mol. The number of unbranched alkanes of at least 4 members (excludes halogenated alkanes) is 1. The summed E-state index contributed by atoms with van der Waals surface area (Å²) in [6.45, 7) is 3.92. The second-order valence-corrected chi connectivity index (χ2v) is 6.54. The summed E-state index contributed by atoms with van der Waals surface area (Å²) in [6, 6.07) is 5.33. The van der Waals surface area contributed by atoms with Gasteiger partial charge in [-0.05, 0) is 47.0 Å². The second-order valence-electron chi connectivity index (χ2n) is 3.61. The molecular formula is C11H15BrO2S. The Labute approximate surface area is 99.7 Å². The van der Waals surface area contributed by atoms with Crippen LogP contribution < -0.4 is 0 Å². The molecule has 0 amide bonds. The zero-order valence-electron chi connectivity index (χ0n) is 8.96. The lowest BCUT2D eigenvalue weighted by Gasteiger charge is -2.06. The smallest absolute Gasteiger partial charge is 0.179 e. The first-order valence-corrected chi connectivity index (χ1v) is 7.41. The van der Waals surface area contributed by atoms with Gasteiger partial charge in [0, 0.05) is 4.47 Å². The fourth-order valence-corrected chi connectivity index (χ4v) is 4.06. The van der Waals surface area contributed by atoms with Crippen molar-refractivity contribution >= 4 is 25.8 Å². The molecule has 0 unspecified atom stereocenters. The number of aryl methyl sites for hydroxylation is 1. The van der Waals surface area contributed by atoms with E-state index in [4.69, 9.17) is 0 Å². The van der Waals surface area contributed by atoms with Crippen LogP contribution in [0.1, 0.15) is 25.3 Å². The van der Waals surface area contributed by atoms with E-state index < -0.39 is 9.84 Å². The molecule has 0 spiro atoms. The predicted octanol–water partition coefficient (Wildman–Crippen LogP) is 3.33. The van der Waals surface area contributed by atoms with Crippen molar-refractivity contribution in [2.45, 2.75) is 31.6 Å². The maximum atomic E-state index is 11.9. The number of rotatable bonds is 4. The van der Waals surface area contributed by atoms with E-state index in [0.29, 0.717) is 15.8 Å². The molecule has 1 aromatic rings. The van der Waals surface area contributed by atoms with Gasteiger partial charge in [0.2, 0.25) is 0 Å². The van der Waals surface area contributed by atoms with Crippen LogP contribution in [0.25, 0.3) is 0 Å². The number of hydrogen-bond acceptors (Lipinski definition) is 2. The topological polar surface area (TPSA) is 34.1 Å². The van der Waals surface area contributed by atoms with E-state index in [1.807, 2.05) is 26.0 Å². The van der Waals surface area contributed by atoms with E-state index in [0.717, 1.165) is 12.0 Å². The number of sulfone groups is 1. The highest BCUT2D eigenvalue weighted by Gasteiger charge is 2.16. The first-order valence-electron chi connectivity index (χ1n) is 4.96. The number of benzene rings is 1. The van der Waals surface area contributed by atoms with Crippen LogP contribution in [-0.2, 0) is 9.84 Å². The van der Waals surface area contributed by atoms with Crippen molar-refractivity contribution in [3.05, 3.63) is 28.2 Å². The molecule has 0 fully saturated rings. The third-order valence-corrected chi connectivity index (χ3v) is 4.96. The van der Waals surface area contributed by atoms with Crippen LogP contribution in [-0.4, -0.2) is 14.2 Å². The Hall–Kier alpha value is -0.350. The lowest BCUT2D eigenvalue weighted by Crippen LogP contribution is -2.07. The predicted molar refractivity (Wildman–Crippen MR) is 65.8 cm³/mol. The Morgan fingerprint density at radius 3 is 2.53 bits per heavy atom. The van der Waals surface area contributed by atoms with Crippen LogP contribution >= 0.6 is 15.9 Å². The molecule has 0 aliphatic carbocycles. The normalized spacial score (nSPS) is 11.7. The summed E-state index contributed by atoms with van der Waals surface area (Å²) in [5.41, 5.74) is 1.05. The minimum absolute atomic E-state index is 0.227. The van der Waals surface area contributed by atoms with E-state index in [1.54, 1.807) is 6.07 Å². The molecule has 84 valence electrons. The van der Waals surface area contributed by atoms with E-state index >= 15 is 0 Å². The molecule has 0 saturated carbocycles. The largest absolute Gasteiger partial charge is 0.224 e. The van der Waals surface area contributed by atoms with Gasteiger partial charge in [-0.3, -0.25) is 0 Å². The Morgan fingerprint density at radius 1 is 1.33 bits per heavy atom. The van der Waals surface area contributed by atoms with Crippen LogP contribution in [0.4, 0.5) is 0 Å². The van der Waals surface area contributed by atoms with Gasteiger partial charge < -0.3 is 0 Å². The van der Waals surface area contributed by atoms with Gasteiger partial charge in [0.15, 0.2) is 9.84 Å². The Balaban J connectivity index is 3.05. The van der Waals surface area contributed by atoms with Crippen LogP contribution in [0.5, 0.6) is 0 Å². The summed E-state index contributed by atoms with van der Waals surface area (Å²) in [6.07, 6.45) is 1.60. The average Bonchev–Trinajstić information content (AvgIpc) is 2.14. The highest BCUT2D eigenvalue weighted by Crippen LogP contribution is 2.24. The van der Waals surface area contributed by atoms with Crippen molar-refractivity contribution in [2.24, 2.45) is 0 Å². The molecule has 4 heteroatoms. The van der Waals surface area contributed by atoms with Gasteiger partial charge in [0.25, 0.3) is 0 Å². The summed E-state index contributed by atoms with van der Waals surface area (Å²) in [4.78, 5) is 0.404. The molecule has 0 aromatic heterocycles. The molecule has 1 rings (SSSR count). The standard InChI is InChI=1S/C11H15BrO2S/c1-3-4-7-15(13,14)11-6-5-9(2)8-10(11)12/h5-6,8H,3-4,7H2,1-2H3. The molecule has 2 nitrogen and oxygen atoms in total. The third kappa shape index (κ3) is 3.31. The summed E-state index contributed by atoms with van der Waals surface area (Å²) >= 11 is 3.30. The Bertz CT molecular complexity index is 438. The third-order valence-electron chi connectivity index (χ3n) is 2.19. The van der Waals surface area contributed by atoms with Gasteiger partial charge in [-0.15, -0.1) is 0 Å². The first-order chi connectivity index (χ1) is 6.97. The zero-order chi connectivity index (χ0) is 11.5. The van der Waals surface area contributed by atoms with Crippen LogP contribution in [0.2, 0.25) is 0 Å². The minimum Gasteiger partial charge on any atom is -0.224 e. The van der Waals surface area contributed by atoms with Crippen molar-refractivity contribution in [3.8, 4) is 0 Å². The first kappa shape index (κ1) is 12.7. The van der Waals surface area contributed by atoms with Crippen molar-refractivity contribution in [1.82, 2.24) is 0 Å². The molecule has 0 atom stereocenters. The molecule has 15 heavy (non-hydrogen) atoms. The molecule has 0 aliphatic rings. The minimum atomic E-state index is -3.12. The lowest BCUT2D eigenvalue weighted by atomic mass is 10.2. The van der Waals surface area contributed by atoms with E-state index in [-0.39, 0.29) is 5.75 Å². The maximum Gasteiger partial charge on any atom is 0.179 e. The summed E-state index contributed by atoms with van der Waals surface area (Å²) in [7, 11) is -3.12. The van der Waals surface area contributed by atoms with Gasteiger partial charge in [0.05, 0.1) is 10.6 Å². The SMILES string of the molecule is CCCCS(=O)(=O)c1ccc(C)cc1Br. The van der Waals surface area contributed by atoms with Crippen molar-refractivity contribution < 1.29 is 8.42 Å². The van der Waals surface area contributed by atoms with Crippen LogP contribution in [0.3, 0.4) is 0 Å². The highest BCUT2D eigenvalue weighted by molar-refractivity contribution is 9.10. The van der Waals surface area contributed by atoms with Crippen molar-refractivity contribution in [2.75, 3.05) is 5.75 Å². The lowest BCUT2D eigenvalue weighted by molar-refractivity contribution is 0.592. The second kappa shape index (κ2) is 5.12. The van der Waals surface area contributed by atoms with Crippen LogP contribution in [0, 0.1) is 6.92 Å². The van der Waals surface area contributed by atoms with Gasteiger partial charge in [0.1, 0.15) is 0 Å². The van der Waals surface area contributed by atoms with E-state index in [1.165, 1.54) is 0 Å². The highest BCUT2D eigenvalue weighted by atomic mass is 79.9. The van der Waals surface area contributed by atoms with Crippen molar-refractivity contribution in [1.29, 1.82) is 0 Å². The molecule has 0 radical (unpaired) electrons. The summed E-state index contributed by atoms with van der Waals surface area (Å²) < 4.78 is 24.5. The fraction of sp³-hybridized carbons (Fsp3) is 0.455. The van der Waals surface area contributed by atoms with Gasteiger partial charge in [-0.25, -0.2) is 8.42 Å². The van der Waals surface area contributed by atoms with Crippen LogP contribution in [0.15, 0.2) is 27.6 Å². The number of hydrogen-bond donors (Lipinski definition) is 0. The molecule has 1 aromatic carbocycles. The van der Waals surface area contributed by atoms with Gasteiger partial charge in [-0.1, -0.05) is 19.4 Å². The summed E-state index contributed by atoms with van der Waals surface area (Å²) in [5, 5.41) is 0. The molecule has 0 saturated heterocycles. The van der Waals surface area contributed by atoms with E-state index in [2.05, 4.69) is 15.9 Å². The fourth-order valence-electron chi connectivity index (χ4n) is 1.30. The quantitative estimate of drug-likeness (QED) is 0.852. The maximum absolute atomic E-state index is 11.9. The molecule has 0 aliphatic heterocycles. The average molecular weight is 291 g/mol. The molecule has 0 bridgehead atoms. The van der Waals surface area contributed by atoms with Gasteiger partial charge in [-0.2, -0.15) is 0 Å². The summed E-state index contributed by atoms with van der Waals surface area (Å²) in [5.74, 6) is 0.227. The van der Waals surface area contributed by atoms with E-state index in [9.17, 15) is 8.42 Å². The Kier molecular flexibility index (Phi) is 4.34. The number of halogens is 1. The van der Waals surface area contributed by atoms with Crippen molar-refractivity contribution in [3.63, 3.8) is 0 Å². The van der Waals surface area contributed by atoms with Gasteiger partial charge >= 0.3 is 0 Å². The molecule has 0 heterocycles. The molecule has 0 N–H and O–H groups in total.